The summed E-state index contributed by atoms with van der Waals surface area (Å²) in [5, 5.41) is 13.1. The van der Waals surface area contributed by atoms with Crippen LogP contribution in [0, 0.1) is 0 Å². The van der Waals surface area contributed by atoms with Crippen molar-refractivity contribution in [1.82, 2.24) is 10.2 Å². The van der Waals surface area contributed by atoms with E-state index in [-0.39, 0.29) is 6.10 Å². The van der Waals surface area contributed by atoms with Crippen LogP contribution in [0.1, 0.15) is 45.4 Å². The zero-order chi connectivity index (χ0) is 11.4. The monoisotopic (exact) mass is 226 g/mol. The van der Waals surface area contributed by atoms with Crippen LogP contribution >= 0.6 is 0 Å². The lowest BCUT2D eigenvalue weighted by Gasteiger charge is -2.27. The molecular formula is C13H26N2O. The van der Waals surface area contributed by atoms with Gasteiger partial charge in [-0.05, 0) is 45.1 Å². The zero-order valence-electron chi connectivity index (χ0n) is 10.5. The van der Waals surface area contributed by atoms with Crippen molar-refractivity contribution in [3.8, 4) is 0 Å². The minimum absolute atomic E-state index is 0.0309. The van der Waals surface area contributed by atoms with E-state index in [4.69, 9.17) is 0 Å². The molecule has 2 N–H and O–H groups in total. The highest BCUT2D eigenvalue weighted by Gasteiger charge is 2.27. The number of aliphatic hydroxyl groups is 1. The van der Waals surface area contributed by atoms with Crippen LogP contribution in [0.5, 0.6) is 0 Å². The molecule has 0 bridgehead atoms. The van der Waals surface area contributed by atoms with Gasteiger partial charge in [-0.25, -0.2) is 0 Å². The van der Waals surface area contributed by atoms with Crippen molar-refractivity contribution in [2.24, 2.45) is 0 Å². The molecule has 0 saturated heterocycles. The third kappa shape index (κ3) is 3.72. The Morgan fingerprint density at radius 1 is 1.12 bits per heavy atom. The Morgan fingerprint density at radius 2 is 1.81 bits per heavy atom. The maximum absolute atomic E-state index is 9.42. The summed E-state index contributed by atoms with van der Waals surface area (Å²) in [6, 6.07) is 1.54. The first-order valence-electron chi connectivity index (χ1n) is 6.95. The summed E-state index contributed by atoms with van der Waals surface area (Å²) in [5.41, 5.74) is 0. The molecule has 3 nitrogen and oxygen atoms in total. The summed E-state index contributed by atoms with van der Waals surface area (Å²) in [6.07, 6.45) is 7.05. The van der Waals surface area contributed by atoms with Gasteiger partial charge in [0.15, 0.2) is 0 Å². The SMILES string of the molecule is CCN(CCNC1CCC(O)CC1)C1CC1. The Balaban J connectivity index is 1.56. The van der Waals surface area contributed by atoms with Crippen molar-refractivity contribution in [3.63, 3.8) is 0 Å². The summed E-state index contributed by atoms with van der Waals surface area (Å²) < 4.78 is 0. The summed E-state index contributed by atoms with van der Waals surface area (Å²) in [7, 11) is 0. The van der Waals surface area contributed by atoms with Crippen molar-refractivity contribution >= 4 is 0 Å². The topological polar surface area (TPSA) is 35.5 Å². The molecule has 94 valence electrons. The largest absolute Gasteiger partial charge is 0.393 e. The molecule has 0 amide bonds. The fraction of sp³-hybridized carbons (Fsp3) is 1.00. The van der Waals surface area contributed by atoms with Crippen LogP contribution in [-0.2, 0) is 0 Å². The number of hydrogen-bond acceptors (Lipinski definition) is 3. The smallest absolute Gasteiger partial charge is 0.0541 e. The average molecular weight is 226 g/mol. The summed E-state index contributed by atoms with van der Waals surface area (Å²) >= 11 is 0. The lowest BCUT2D eigenvalue weighted by molar-refractivity contribution is 0.116. The fourth-order valence-electron chi connectivity index (χ4n) is 2.73. The second kappa shape index (κ2) is 5.99. The number of likely N-dealkylation sites (N-methyl/N-ethyl adjacent to an activating group) is 1. The Bertz CT molecular complexity index is 198. The van der Waals surface area contributed by atoms with Gasteiger partial charge in [0.25, 0.3) is 0 Å². The molecule has 0 aromatic carbocycles. The number of nitrogens with one attached hydrogen (secondary N) is 1. The Hall–Kier alpha value is -0.120. The van der Waals surface area contributed by atoms with Crippen LogP contribution in [0.2, 0.25) is 0 Å². The molecule has 2 fully saturated rings. The van der Waals surface area contributed by atoms with Gasteiger partial charge in [-0.1, -0.05) is 6.92 Å². The van der Waals surface area contributed by atoms with E-state index in [0.717, 1.165) is 38.3 Å². The number of rotatable bonds is 6. The molecule has 0 aromatic heterocycles. The van der Waals surface area contributed by atoms with Crippen LogP contribution < -0.4 is 5.32 Å². The second-order valence-electron chi connectivity index (χ2n) is 5.32. The van der Waals surface area contributed by atoms with Crippen molar-refractivity contribution in [1.29, 1.82) is 0 Å². The van der Waals surface area contributed by atoms with Gasteiger partial charge < -0.3 is 10.4 Å². The number of hydrogen-bond donors (Lipinski definition) is 2. The summed E-state index contributed by atoms with van der Waals surface area (Å²) in [6.45, 7) is 5.76. The molecule has 3 heteroatoms. The third-order valence-electron chi connectivity index (χ3n) is 4.00. The van der Waals surface area contributed by atoms with E-state index in [1.807, 2.05) is 0 Å². The highest BCUT2D eigenvalue weighted by Crippen LogP contribution is 2.26. The van der Waals surface area contributed by atoms with Gasteiger partial charge in [-0.2, -0.15) is 0 Å². The molecule has 0 atom stereocenters. The van der Waals surface area contributed by atoms with E-state index >= 15 is 0 Å². The molecule has 2 rings (SSSR count). The van der Waals surface area contributed by atoms with E-state index in [1.54, 1.807) is 0 Å². The van der Waals surface area contributed by atoms with E-state index in [9.17, 15) is 5.11 Å². The Labute approximate surface area is 99.2 Å². The molecule has 0 aromatic rings. The molecule has 2 aliphatic rings. The third-order valence-corrected chi connectivity index (χ3v) is 4.00. The molecule has 16 heavy (non-hydrogen) atoms. The van der Waals surface area contributed by atoms with Crippen molar-refractivity contribution in [2.75, 3.05) is 19.6 Å². The van der Waals surface area contributed by atoms with Gasteiger partial charge >= 0.3 is 0 Å². The molecule has 2 saturated carbocycles. The van der Waals surface area contributed by atoms with E-state index in [1.165, 1.54) is 25.9 Å². The molecule has 0 spiro atoms. The molecule has 0 radical (unpaired) electrons. The summed E-state index contributed by atoms with van der Waals surface area (Å²) in [4.78, 5) is 2.59. The lowest BCUT2D eigenvalue weighted by atomic mass is 9.93. The molecule has 2 aliphatic carbocycles. The van der Waals surface area contributed by atoms with Crippen LogP contribution in [0.3, 0.4) is 0 Å². The normalized spacial score (nSPS) is 30.9. The zero-order valence-corrected chi connectivity index (χ0v) is 10.5. The lowest BCUT2D eigenvalue weighted by Crippen LogP contribution is -2.40. The number of nitrogens with zero attached hydrogens (tertiary/aromatic N) is 1. The second-order valence-corrected chi connectivity index (χ2v) is 5.32. The maximum atomic E-state index is 9.42. The van der Waals surface area contributed by atoms with Crippen molar-refractivity contribution < 1.29 is 5.11 Å². The Morgan fingerprint density at radius 3 is 2.38 bits per heavy atom. The van der Waals surface area contributed by atoms with E-state index in [0.29, 0.717) is 6.04 Å². The molecule has 0 heterocycles. The van der Waals surface area contributed by atoms with Crippen molar-refractivity contribution in [3.05, 3.63) is 0 Å². The standard InChI is InChI=1S/C13H26N2O/c1-2-15(12-5-6-12)10-9-14-11-3-7-13(16)8-4-11/h11-14,16H,2-10H2,1H3. The minimum atomic E-state index is -0.0309. The quantitative estimate of drug-likeness (QED) is 0.718. The molecule has 0 aliphatic heterocycles. The number of aliphatic hydroxyl groups excluding tert-OH is 1. The van der Waals surface area contributed by atoms with Gasteiger partial charge in [-0.15, -0.1) is 0 Å². The first kappa shape index (κ1) is 12.3. The molecule has 0 unspecified atom stereocenters. The highest BCUT2D eigenvalue weighted by atomic mass is 16.3. The van der Waals surface area contributed by atoms with Crippen LogP contribution in [0.15, 0.2) is 0 Å². The van der Waals surface area contributed by atoms with Gasteiger partial charge in [-0.3, -0.25) is 4.90 Å². The predicted molar refractivity (Wildman–Crippen MR) is 66.5 cm³/mol. The van der Waals surface area contributed by atoms with Crippen LogP contribution in [0.25, 0.3) is 0 Å². The van der Waals surface area contributed by atoms with Gasteiger partial charge in [0, 0.05) is 25.2 Å². The Kier molecular flexibility index (Phi) is 4.62. The first-order chi connectivity index (χ1) is 7.79. The first-order valence-corrected chi connectivity index (χ1v) is 6.95. The predicted octanol–water partition coefficient (Wildman–Crippen LogP) is 1.36. The van der Waals surface area contributed by atoms with Crippen molar-refractivity contribution in [2.45, 2.75) is 63.6 Å². The highest BCUT2D eigenvalue weighted by molar-refractivity contribution is 4.84. The fourth-order valence-corrected chi connectivity index (χ4v) is 2.73. The van der Waals surface area contributed by atoms with Gasteiger partial charge in [0.1, 0.15) is 0 Å². The van der Waals surface area contributed by atoms with Crippen LogP contribution in [0.4, 0.5) is 0 Å². The minimum Gasteiger partial charge on any atom is -0.393 e. The summed E-state index contributed by atoms with van der Waals surface area (Å²) in [5.74, 6) is 0. The molecular weight excluding hydrogens is 200 g/mol. The van der Waals surface area contributed by atoms with E-state index in [2.05, 4.69) is 17.1 Å². The van der Waals surface area contributed by atoms with Gasteiger partial charge in [0.05, 0.1) is 6.10 Å². The van der Waals surface area contributed by atoms with E-state index < -0.39 is 0 Å². The average Bonchev–Trinajstić information content (AvgIpc) is 3.11. The maximum Gasteiger partial charge on any atom is 0.0541 e. The van der Waals surface area contributed by atoms with Crippen LogP contribution in [-0.4, -0.2) is 47.8 Å². The van der Waals surface area contributed by atoms with Gasteiger partial charge in [0.2, 0.25) is 0 Å².